The summed E-state index contributed by atoms with van der Waals surface area (Å²) in [6.07, 6.45) is -2.69. The number of anilines is 1. The molecular weight excluding hydrogens is 429 g/mol. The maximum absolute atomic E-state index is 13.4. The van der Waals surface area contributed by atoms with Crippen LogP contribution in [0, 0.1) is 6.92 Å². The van der Waals surface area contributed by atoms with Crippen LogP contribution in [0.3, 0.4) is 0 Å². The molecule has 170 valence electrons. The van der Waals surface area contributed by atoms with Crippen LogP contribution in [0.15, 0.2) is 60.7 Å². The van der Waals surface area contributed by atoms with Crippen LogP contribution in [0.5, 0.6) is 0 Å². The summed E-state index contributed by atoms with van der Waals surface area (Å²) >= 11 is 0. The van der Waals surface area contributed by atoms with Crippen LogP contribution in [0.1, 0.15) is 24.1 Å². The van der Waals surface area contributed by atoms with E-state index in [1.807, 2.05) is 42.2 Å². The smallest absolute Gasteiger partial charge is 0.394 e. The minimum absolute atomic E-state index is 0.00438. The van der Waals surface area contributed by atoms with Crippen LogP contribution in [0.4, 0.5) is 19.0 Å². The Kier molecular flexibility index (Phi) is 5.32. The lowest BCUT2D eigenvalue weighted by atomic mass is 10.1. The van der Waals surface area contributed by atoms with Crippen LogP contribution >= 0.6 is 0 Å². The zero-order valence-electron chi connectivity index (χ0n) is 18.0. The van der Waals surface area contributed by atoms with E-state index in [1.165, 1.54) is 6.07 Å². The molecule has 0 radical (unpaired) electrons. The van der Waals surface area contributed by atoms with Crippen LogP contribution in [-0.4, -0.2) is 38.9 Å². The van der Waals surface area contributed by atoms with E-state index in [1.54, 1.807) is 16.6 Å². The van der Waals surface area contributed by atoms with Gasteiger partial charge in [0.05, 0.1) is 29.6 Å². The zero-order valence-corrected chi connectivity index (χ0v) is 18.0. The monoisotopic (exact) mass is 452 g/mol. The molecule has 0 spiro atoms. The largest absolute Gasteiger partial charge is 0.416 e. The Labute approximate surface area is 189 Å². The molecule has 0 unspecified atom stereocenters. The highest BCUT2D eigenvalue weighted by Crippen LogP contribution is 2.36. The third kappa shape index (κ3) is 3.84. The summed E-state index contributed by atoms with van der Waals surface area (Å²) < 4.78 is 41.9. The number of rotatable bonds is 4. The van der Waals surface area contributed by atoms with Crippen molar-refractivity contribution in [3.05, 3.63) is 71.9 Å². The van der Waals surface area contributed by atoms with Crippen molar-refractivity contribution in [1.82, 2.24) is 14.6 Å². The quantitative estimate of drug-likeness (QED) is 0.454. The van der Waals surface area contributed by atoms with Gasteiger partial charge in [0.1, 0.15) is 5.82 Å². The Morgan fingerprint density at radius 3 is 2.52 bits per heavy atom. The summed E-state index contributed by atoms with van der Waals surface area (Å²) in [5, 5.41) is 14.5. The average molecular weight is 452 g/mol. The lowest BCUT2D eigenvalue weighted by molar-refractivity contribution is -0.137. The molecule has 8 heteroatoms. The topological polar surface area (TPSA) is 53.7 Å². The molecule has 3 heterocycles. The number of aliphatic hydroxyl groups excluding tert-OH is 1. The summed E-state index contributed by atoms with van der Waals surface area (Å²) in [6.45, 7) is 2.60. The normalized spacial score (nSPS) is 16.6. The Morgan fingerprint density at radius 1 is 1.03 bits per heavy atom. The maximum atomic E-state index is 13.4. The summed E-state index contributed by atoms with van der Waals surface area (Å²) in [5.41, 5.74) is 3.30. The third-order valence-corrected chi connectivity index (χ3v) is 6.18. The van der Waals surface area contributed by atoms with Crippen LogP contribution < -0.4 is 4.90 Å². The third-order valence-electron chi connectivity index (χ3n) is 6.18. The predicted octanol–water partition coefficient (Wildman–Crippen LogP) is 5.35. The van der Waals surface area contributed by atoms with Gasteiger partial charge in [0.15, 0.2) is 5.65 Å². The molecule has 5 rings (SSSR count). The van der Waals surface area contributed by atoms with Gasteiger partial charge in [-0.2, -0.15) is 18.3 Å². The molecule has 4 aromatic rings. The summed E-state index contributed by atoms with van der Waals surface area (Å²) in [5.74, 6) is 0.628. The predicted molar refractivity (Wildman–Crippen MR) is 121 cm³/mol. The Bertz CT molecular complexity index is 1300. The summed E-state index contributed by atoms with van der Waals surface area (Å²) in [7, 11) is 0. The van der Waals surface area contributed by atoms with Gasteiger partial charge in [-0.25, -0.2) is 9.50 Å². The number of benzene rings is 2. The van der Waals surface area contributed by atoms with Crippen LogP contribution in [-0.2, 0) is 6.18 Å². The van der Waals surface area contributed by atoms with E-state index >= 15 is 0 Å². The first-order valence-corrected chi connectivity index (χ1v) is 10.9. The molecule has 1 atom stereocenters. The number of nitrogens with zero attached hydrogens (tertiary/aromatic N) is 4. The zero-order chi connectivity index (χ0) is 23.2. The molecule has 0 amide bonds. The van der Waals surface area contributed by atoms with E-state index in [0.717, 1.165) is 48.3 Å². The van der Waals surface area contributed by atoms with Gasteiger partial charge in [-0.1, -0.05) is 42.5 Å². The van der Waals surface area contributed by atoms with Gasteiger partial charge in [0, 0.05) is 23.7 Å². The number of aromatic nitrogens is 3. The van der Waals surface area contributed by atoms with E-state index in [4.69, 9.17) is 4.98 Å². The molecule has 2 aromatic heterocycles. The molecule has 1 saturated heterocycles. The molecule has 0 bridgehead atoms. The number of halogens is 3. The second-order valence-corrected chi connectivity index (χ2v) is 8.31. The molecule has 1 aliphatic heterocycles. The number of aryl methyl sites for hydroxylation is 1. The van der Waals surface area contributed by atoms with Crippen LogP contribution in [0.25, 0.3) is 28.0 Å². The summed E-state index contributed by atoms with van der Waals surface area (Å²) in [4.78, 5) is 6.94. The van der Waals surface area contributed by atoms with Gasteiger partial charge in [-0.3, -0.25) is 0 Å². The Hall–Kier alpha value is -3.39. The SMILES string of the molecule is Cc1nn2c(-c3cccc(C(F)(F)F)c3)cc(N3CCC[C@H]3CO)nc2c1-c1ccccc1. The van der Waals surface area contributed by atoms with Gasteiger partial charge in [0.2, 0.25) is 0 Å². The maximum Gasteiger partial charge on any atom is 0.416 e. The number of aliphatic hydroxyl groups is 1. The van der Waals surface area contributed by atoms with E-state index in [-0.39, 0.29) is 12.6 Å². The second-order valence-electron chi connectivity index (χ2n) is 8.31. The highest BCUT2D eigenvalue weighted by molar-refractivity contribution is 5.83. The highest BCUT2D eigenvalue weighted by Gasteiger charge is 2.31. The van der Waals surface area contributed by atoms with Gasteiger partial charge < -0.3 is 10.0 Å². The van der Waals surface area contributed by atoms with E-state index < -0.39 is 11.7 Å². The number of hydrogen-bond acceptors (Lipinski definition) is 4. The lowest BCUT2D eigenvalue weighted by Gasteiger charge is -2.25. The van der Waals surface area contributed by atoms with Crippen molar-refractivity contribution < 1.29 is 18.3 Å². The standard InChI is InChI=1S/C25H23F3N4O/c1-16-23(17-7-3-2-4-8-17)24-29-22(31-12-6-11-20(31)15-33)14-21(32(24)30-16)18-9-5-10-19(13-18)25(26,27)28/h2-5,7-10,13-14,20,33H,6,11-12,15H2,1H3/t20-/m0/s1. The first-order valence-electron chi connectivity index (χ1n) is 10.9. The van der Waals surface area contributed by atoms with Gasteiger partial charge >= 0.3 is 6.18 Å². The fourth-order valence-electron chi connectivity index (χ4n) is 4.59. The molecular formula is C25H23F3N4O. The summed E-state index contributed by atoms with van der Waals surface area (Å²) in [6, 6.07) is 16.7. The van der Waals surface area contributed by atoms with Gasteiger partial charge in [-0.05, 0) is 37.5 Å². The molecule has 0 saturated carbocycles. The molecule has 1 aliphatic rings. The number of alkyl halides is 3. The number of fused-ring (bicyclic) bond motifs is 1. The van der Waals surface area contributed by atoms with Crippen molar-refractivity contribution in [1.29, 1.82) is 0 Å². The van der Waals surface area contributed by atoms with Crippen molar-refractivity contribution >= 4 is 11.5 Å². The first kappa shape index (κ1) is 21.5. The van der Waals surface area contributed by atoms with E-state index in [0.29, 0.717) is 22.7 Å². The van der Waals surface area contributed by atoms with Gasteiger partial charge in [-0.15, -0.1) is 0 Å². The van der Waals surface area contributed by atoms with Gasteiger partial charge in [0.25, 0.3) is 0 Å². The van der Waals surface area contributed by atoms with Crippen molar-refractivity contribution in [2.24, 2.45) is 0 Å². The number of hydrogen-bond donors (Lipinski definition) is 1. The van der Waals surface area contributed by atoms with E-state index in [2.05, 4.69) is 5.10 Å². The molecule has 0 aliphatic carbocycles. The minimum Gasteiger partial charge on any atom is -0.394 e. The Morgan fingerprint density at radius 2 is 1.79 bits per heavy atom. The van der Waals surface area contributed by atoms with Crippen molar-refractivity contribution in [3.63, 3.8) is 0 Å². The van der Waals surface area contributed by atoms with Crippen molar-refractivity contribution in [2.45, 2.75) is 32.0 Å². The second kappa shape index (κ2) is 8.19. The van der Waals surface area contributed by atoms with Crippen LogP contribution in [0.2, 0.25) is 0 Å². The van der Waals surface area contributed by atoms with Crippen molar-refractivity contribution in [2.75, 3.05) is 18.1 Å². The molecule has 1 N–H and O–H groups in total. The van der Waals surface area contributed by atoms with Crippen molar-refractivity contribution in [3.8, 4) is 22.4 Å². The molecule has 1 fully saturated rings. The highest BCUT2D eigenvalue weighted by atomic mass is 19.4. The average Bonchev–Trinajstić information content (AvgIpc) is 3.42. The Balaban J connectivity index is 1.78. The first-order chi connectivity index (χ1) is 15.9. The minimum atomic E-state index is -4.45. The fourth-order valence-corrected chi connectivity index (χ4v) is 4.59. The fraction of sp³-hybridized carbons (Fsp3) is 0.280. The van der Waals surface area contributed by atoms with E-state index in [9.17, 15) is 18.3 Å². The molecule has 33 heavy (non-hydrogen) atoms. The lowest BCUT2D eigenvalue weighted by Crippen LogP contribution is -2.32. The molecule has 2 aromatic carbocycles. The molecule has 5 nitrogen and oxygen atoms in total.